The predicted octanol–water partition coefficient (Wildman–Crippen LogP) is 4.65. The van der Waals surface area contributed by atoms with Gasteiger partial charge in [0, 0.05) is 5.56 Å². The van der Waals surface area contributed by atoms with Gasteiger partial charge in [0.1, 0.15) is 0 Å². The fourth-order valence-corrected chi connectivity index (χ4v) is 2.49. The minimum atomic E-state index is -1.57. The Labute approximate surface area is 121 Å². The maximum absolute atomic E-state index is 10.9. The molecule has 1 rings (SSSR count). The first-order valence-electron chi connectivity index (χ1n) is 3.96. The van der Waals surface area contributed by atoms with Crippen LogP contribution in [0.25, 0.3) is 0 Å². The maximum atomic E-state index is 10.9. The van der Waals surface area contributed by atoms with E-state index in [0.717, 1.165) is 0 Å². The summed E-state index contributed by atoms with van der Waals surface area (Å²) >= 11 is 28.9. The van der Waals surface area contributed by atoms with Crippen LogP contribution in [0.5, 0.6) is 0 Å². The van der Waals surface area contributed by atoms with E-state index in [1.165, 1.54) is 0 Å². The van der Waals surface area contributed by atoms with Gasteiger partial charge in [-0.25, -0.2) is 0 Å². The van der Waals surface area contributed by atoms with E-state index in [4.69, 9.17) is 68.4 Å². The van der Waals surface area contributed by atoms with Gasteiger partial charge >= 0.3 is 5.97 Å². The molecule has 0 radical (unpaired) electrons. The summed E-state index contributed by atoms with van der Waals surface area (Å²) in [7, 11) is 0. The summed E-state index contributed by atoms with van der Waals surface area (Å²) in [6.45, 7) is 0. The second kappa shape index (κ2) is 5.51. The largest absolute Gasteiger partial charge is 0.480 e. The van der Waals surface area contributed by atoms with Crippen molar-refractivity contribution in [1.29, 1.82) is 5.26 Å². The van der Waals surface area contributed by atoms with Crippen molar-refractivity contribution in [1.82, 2.24) is 0 Å². The molecule has 0 aliphatic carbocycles. The lowest BCUT2D eigenvalue weighted by Crippen LogP contribution is -2.11. The van der Waals surface area contributed by atoms with E-state index in [-0.39, 0.29) is 30.7 Å². The zero-order valence-electron chi connectivity index (χ0n) is 7.77. The van der Waals surface area contributed by atoms with Crippen LogP contribution < -0.4 is 0 Å². The van der Waals surface area contributed by atoms with Crippen molar-refractivity contribution in [3.8, 4) is 6.07 Å². The molecule has 3 nitrogen and oxygen atoms in total. The monoisotopic (exact) mass is 331 g/mol. The molecule has 1 N–H and O–H groups in total. The molecule has 0 aliphatic heterocycles. The van der Waals surface area contributed by atoms with Gasteiger partial charge < -0.3 is 5.11 Å². The minimum Gasteiger partial charge on any atom is -0.480 e. The van der Waals surface area contributed by atoms with Crippen LogP contribution in [-0.4, -0.2) is 11.1 Å². The lowest BCUT2D eigenvalue weighted by Gasteiger charge is -2.13. The number of carboxylic acid groups (broad SMARTS) is 1. The third-order valence-electron chi connectivity index (χ3n) is 1.91. The van der Waals surface area contributed by atoms with Crippen molar-refractivity contribution in [2.45, 2.75) is 5.92 Å². The van der Waals surface area contributed by atoms with E-state index in [0.29, 0.717) is 0 Å². The standard InChI is InChI=1S/C9H2Cl5NO2/c10-4-3(2(1-15)9(16)17)5(11)7(13)8(14)6(4)12/h2H,(H,16,17). The first-order valence-corrected chi connectivity index (χ1v) is 5.85. The Hall–Kier alpha value is -0.370. The molecular formula is C9H2Cl5NO2. The van der Waals surface area contributed by atoms with Crippen LogP contribution in [0.2, 0.25) is 25.1 Å². The van der Waals surface area contributed by atoms with Crippen LogP contribution >= 0.6 is 58.0 Å². The molecule has 1 atom stereocenters. The predicted molar refractivity (Wildman–Crippen MR) is 67.5 cm³/mol. The zero-order chi connectivity index (χ0) is 13.3. The summed E-state index contributed by atoms with van der Waals surface area (Å²) in [4.78, 5) is 10.9. The molecule has 0 aliphatic rings. The highest BCUT2D eigenvalue weighted by molar-refractivity contribution is 6.55. The number of nitriles is 1. The second-order valence-corrected chi connectivity index (χ2v) is 4.77. The fraction of sp³-hybridized carbons (Fsp3) is 0.111. The SMILES string of the molecule is N#CC(C(=O)O)c1c(Cl)c(Cl)c(Cl)c(Cl)c1Cl. The van der Waals surface area contributed by atoms with Gasteiger partial charge in [-0.2, -0.15) is 5.26 Å². The molecule has 0 heterocycles. The molecule has 0 saturated carbocycles. The molecular weight excluding hydrogens is 331 g/mol. The lowest BCUT2D eigenvalue weighted by atomic mass is 10.0. The molecule has 0 fully saturated rings. The molecule has 8 heteroatoms. The van der Waals surface area contributed by atoms with E-state index in [1.807, 2.05) is 0 Å². The third-order valence-corrected chi connectivity index (χ3v) is 4.21. The highest BCUT2D eigenvalue weighted by Crippen LogP contribution is 2.46. The van der Waals surface area contributed by atoms with Gasteiger partial charge in [0.2, 0.25) is 0 Å². The van der Waals surface area contributed by atoms with E-state index >= 15 is 0 Å². The number of carboxylic acids is 1. The van der Waals surface area contributed by atoms with E-state index in [1.54, 1.807) is 6.07 Å². The van der Waals surface area contributed by atoms with Gasteiger partial charge in [-0.3, -0.25) is 4.79 Å². The Morgan fingerprint density at radius 1 is 1.00 bits per heavy atom. The Kier molecular flexibility index (Phi) is 4.77. The topological polar surface area (TPSA) is 61.1 Å². The van der Waals surface area contributed by atoms with Gasteiger partial charge in [-0.15, -0.1) is 0 Å². The number of halogens is 5. The molecule has 0 spiro atoms. The minimum absolute atomic E-state index is 0.0887. The fourth-order valence-electron chi connectivity index (χ4n) is 1.12. The molecule has 1 aromatic carbocycles. The summed E-state index contributed by atoms with van der Waals surface area (Å²) in [5, 5.41) is 16.9. The van der Waals surface area contributed by atoms with Gasteiger partial charge in [-0.1, -0.05) is 58.0 Å². The Morgan fingerprint density at radius 2 is 1.35 bits per heavy atom. The number of aliphatic carboxylic acids is 1. The summed E-state index contributed by atoms with van der Waals surface area (Å²) in [6.07, 6.45) is 0. The average Bonchev–Trinajstić information content (AvgIpc) is 2.29. The van der Waals surface area contributed by atoms with Crippen molar-refractivity contribution in [2.75, 3.05) is 0 Å². The summed E-state index contributed by atoms with van der Waals surface area (Å²) < 4.78 is 0. The quantitative estimate of drug-likeness (QED) is 0.633. The van der Waals surface area contributed by atoms with Gasteiger partial charge in [0.25, 0.3) is 0 Å². The number of hydrogen-bond donors (Lipinski definition) is 1. The van der Waals surface area contributed by atoms with Crippen LogP contribution in [0.3, 0.4) is 0 Å². The zero-order valence-corrected chi connectivity index (χ0v) is 11.5. The van der Waals surface area contributed by atoms with Crippen molar-refractivity contribution < 1.29 is 9.90 Å². The number of nitrogens with zero attached hydrogens (tertiary/aromatic N) is 1. The number of rotatable bonds is 2. The van der Waals surface area contributed by atoms with Crippen LogP contribution in [0.1, 0.15) is 11.5 Å². The van der Waals surface area contributed by atoms with Crippen LogP contribution in [0.15, 0.2) is 0 Å². The lowest BCUT2D eigenvalue weighted by molar-refractivity contribution is -0.137. The smallest absolute Gasteiger partial charge is 0.325 e. The molecule has 1 aromatic rings. The van der Waals surface area contributed by atoms with Gasteiger partial charge in [0.15, 0.2) is 5.92 Å². The molecule has 0 saturated heterocycles. The summed E-state index contributed by atoms with van der Waals surface area (Å²) in [6, 6.07) is 1.54. The van der Waals surface area contributed by atoms with Crippen molar-refractivity contribution >= 4 is 64.0 Å². The molecule has 0 aromatic heterocycles. The number of carbonyl (C=O) groups is 1. The van der Waals surface area contributed by atoms with Crippen molar-refractivity contribution in [3.05, 3.63) is 30.7 Å². The van der Waals surface area contributed by atoms with Crippen LogP contribution in [-0.2, 0) is 4.79 Å². The number of benzene rings is 1. The van der Waals surface area contributed by atoms with Crippen molar-refractivity contribution in [3.63, 3.8) is 0 Å². The highest BCUT2D eigenvalue weighted by atomic mass is 35.5. The second-order valence-electron chi connectivity index (χ2n) is 2.88. The molecule has 0 amide bonds. The van der Waals surface area contributed by atoms with E-state index in [9.17, 15) is 4.79 Å². The Balaban J connectivity index is 3.66. The first kappa shape index (κ1) is 14.7. The van der Waals surface area contributed by atoms with Crippen molar-refractivity contribution in [2.24, 2.45) is 0 Å². The van der Waals surface area contributed by atoms with E-state index in [2.05, 4.69) is 0 Å². The molecule has 17 heavy (non-hydrogen) atoms. The Bertz CT molecular complexity index is 508. The summed E-state index contributed by atoms with van der Waals surface area (Å²) in [5.74, 6) is -2.98. The summed E-state index contributed by atoms with van der Waals surface area (Å²) in [5.41, 5.74) is -0.164. The first-order chi connectivity index (χ1) is 7.82. The van der Waals surface area contributed by atoms with Crippen LogP contribution in [0.4, 0.5) is 0 Å². The van der Waals surface area contributed by atoms with E-state index < -0.39 is 11.9 Å². The number of hydrogen-bond acceptors (Lipinski definition) is 2. The highest BCUT2D eigenvalue weighted by Gasteiger charge is 2.29. The molecule has 1 unspecified atom stereocenters. The third kappa shape index (κ3) is 2.57. The Morgan fingerprint density at radius 3 is 1.65 bits per heavy atom. The molecule has 90 valence electrons. The van der Waals surface area contributed by atoms with Gasteiger partial charge in [0.05, 0.1) is 31.2 Å². The average molecular weight is 333 g/mol. The molecule has 0 bridgehead atoms. The van der Waals surface area contributed by atoms with Crippen LogP contribution in [0, 0.1) is 11.3 Å². The maximum Gasteiger partial charge on any atom is 0.325 e. The van der Waals surface area contributed by atoms with Gasteiger partial charge in [-0.05, 0) is 0 Å². The normalized spacial score (nSPS) is 12.0.